The number of rotatable bonds is 7. The van der Waals surface area contributed by atoms with Gasteiger partial charge >= 0.3 is 199 Å². The molecule has 0 unspecified atom stereocenters. The van der Waals surface area contributed by atoms with Gasteiger partial charge in [-0.25, -0.2) is 0 Å². The third-order valence-electron chi connectivity index (χ3n) is 5.38. The van der Waals surface area contributed by atoms with E-state index in [-0.39, 0.29) is 5.91 Å². The van der Waals surface area contributed by atoms with E-state index in [1.165, 1.54) is 6.08 Å². The molecule has 4 aromatic rings. The molecule has 0 bridgehead atoms. The third kappa shape index (κ3) is 4.76. The molecule has 0 atom stereocenters. The van der Waals surface area contributed by atoms with Gasteiger partial charge in [-0.05, 0) is 0 Å². The minimum atomic E-state index is -4.26. The van der Waals surface area contributed by atoms with Crippen molar-refractivity contribution in [1.29, 1.82) is 0 Å². The number of carbonyl (C=O) groups excluding carboxylic acids is 2. The van der Waals surface area contributed by atoms with Crippen LogP contribution >= 0.6 is 0 Å². The summed E-state index contributed by atoms with van der Waals surface area (Å²) in [5, 5.41) is 2.71. The van der Waals surface area contributed by atoms with Gasteiger partial charge in [-0.3, -0.25) is 0 Å². The van der Waals surface area contributed by atoms with Gasteiger partial charge in [-0.1, -0.05) is 0 Å². The fourth-order valence-corrected chi connectivity index (χ4v) is 14.5. The number of amides is 1. The summed E-state index contributed by atoms with van der Waals surface area (Å²) < 4.78 is 9.69. The van der Waals surface area contributed by atoms with Crippen LogP contribution in [0.3, 0.4) is 0 Å². The van der Waals surface area contributed by atoms with Crippen LogP contribution < -0.4 is 16.1 Å². The summed E-state index contributed by atoms with van der Waals surface area (Å²) >= 11 is -4.26. The van der Waals surface area contributed by atoms with Crippen LogP contribution in [0.4, 0.5) is 5.69 Å². The second-order valence-corrected chi connectivity index (χ2v) is 16.8. The molecule has 4 rings (SSSR count). The Kier molecular flexibility index (Phi) is 7.05. The number of benzene rings is 4. The summed E-state index contributed by atoms with van der Waals surface area (Å²) in [6, 6.07) is 36.8. The second kappa shape index (κ2) is 10.3. The van der Waals surface area contributed by atoms with Crippen molar-refractivity contribution >= 4 is 47.1 Å². The summed E-state index contributed by atoms with van der Waals surface area (Å²) in [4.78, 5) is 25.7. The Labute approximate surface area is 198 Å². The standard InChI is InChI=1S/C10H9NO3.3C6H5.Sn/c1-2-9(12)11-8-6-4-3-5-7(8)10(13)14;3*1-2-4-6-5-3-1;/h2-6H,1H2,(H,11,12)(H,13,14);3*1-5H;/q;;;;+1/p-1. The second-order valence-electron chi connectivity index (χ2n) is 7.41. The molecular formula is C28H23NO3Sn. The maximum absolute atomic E-state index is 13.7. The molecule has 0 heterocycles. The normalized spacial score (nSPS) is 10.8. The molecule has 0 saturated heterocycles. The molecule has 0 fully saturated rings. The third-order valence-corrected chi connectivity index (χ3v) is 16.6. The number of para-hydroxylation sites is 1. The Bertz CT molecular complexity index is 1160. The first-order chi connectivity index (χ1) is 16.1. The Hall–Kier alpha value is -3.64. The first-order valence-electron chi connectivity index (χ1n) is 10.6. The van der Waals surface area contributed by atoms with E-state index < -0.39 is 24.8 Å². The summed E-state index contributed by atoms with van der Waals surface area (Å²) in [6.45, 7) is 3.49. The van der Waals surface area contributed by atoms with Gasteiger partial charge in [-0.15, -0.1) is 0 Å². The van der Waals surface area contributed by atoms with E-state index >= 15 is 0 Å². The number of hydrogen-bond donors (Lipinski definition) is 1. The predicted molar refractivity (Wildman–Crippen MR) is 135 cm³/mol. The van der Waals surface area contributed by atoms with Crippen LogP contribution in [0.25, 0.3) is 0 Å². The quantitative estimate of drug-likeness (QED) is 0.288. The average Bonchev–Trinajstić information content (AvgIpc) is 2.89. The molecule has 0 radical (unpaired) electrons. The Morgan fingerprint density at radius 2 is 1.09 bits per heavy atom. The minimum absolute atomic E-state index is 0.302. The van der Waals surface area contributed by atoms with Crippen LogP contribution in [0.2, 0.25) is 0 Å². The zero-order valence-corrected chi connectivity index (χ0v) is 20.8. The van der Waals surface area contributed by atoms with Crippen LogP contribution in [0.15, 0.2) is 128 Å². The van der Waals surface area contributed by atoms with Crippen LogP contribution in [-0.4, -0.2) is 30.7 Å². The van der Waals surface area contributed by atoms with Crippen molar-refractivity contribution in [2.24, 2.45) is 0 Å². The van der Waals surface area contributed by atoms with Crippen molar-refractivity contribution in [3.63, 3.8) is 0 Å². The van der Waals surface area contributed by atoms with E-state index in [4.69, 9.17) is 3.07 Å². The molecule has 1 N–H and O–H groups in total. The molecule has 162 valence electrons. The number of nitrogens with one attached hydrogen (secondary N) is 1. The molecule has 0 aliphatic heterocycles. The van der Waals surface area contributed by atoms with Crippen molar-refractivity contribution in [3.05, 3.63) is 133 Å². The fraction of sp³-hybridized carbons (Fsp3) is 0. The zero-order valence-electron chi connectivity index (χ0n) is 18.0. The Balaban J connectivity index is 1.90. The van der Waals surface area contributed by atoms with Crippen LogP contribution in [-0.2, 0) is 7.87 Å². The molecule has 33 heavy (non-hydrogen) atoms. The van der Waals surface area contributed by atoms with E-state index in [9.17, 15) is 9.59 Å². The molecular weight excluding hydrogens is 517 g/mol. The van der Waals surface area contributed by atoms with E-state index in [2.05, 4.69) is 11.9 Å². The summed E-state index contributed by atoms with van der Waals surface area (Å²) in [6.07, 6.45) is 1.17. The predicted octanol–water partition coefficient (Wildman–Crippen LogP) is 3.64. The molecule has 4 nitrogen and oxygen atoms in total. The van der Waals surface area contributed by atoms with Crippen molar-refractivity contribution in [3.8, 4) is 0 Å². The number of carbonyl (C=O) groups is 2. The fourth-order valence-electron chi connectivity index (χ4n) is 3.84. The van der Waals surface area contributed by atoms with E-state index in [1.54, 1.807) is 24.3 Å². The van der Waals surface area contributed by atoms with E-state index in [1.807, 2.05) is 91.0 Å². The Morgan fingerprint density at radius 3 is 1.55 bits per heavy atom. The molecule has 0 saturated carbocycles. The Morgan fingerprint density at radius 1 is 0.667 bits per heavy atom. The van der Waals surface area contributed by atoms with Crippen LogP contribution in [0, 0.1) is 0 Å². The van der Waals surface area contributed by atoms with Gasteiger partial charge in [-0.2, -0.15) is 0 Å². The molecule has 5 heteroatoms. The molecule has 0 aromatic heterocycles. The zero-order chi connectivity index (χ0) is 23.1. The van der Waals surface area contributed by atoms with E-state index in [0.717, 1.165) is 10.7 Å². The molecule has 4 aromatic carbocycles. The first-order valence-corrected chi connectivity index (χ1v) is 16.0. The van der Waals surface area contributed by atoms with Crippen molar-refractivity contribution in [2.45, 2.75) is 0 Å². The maximum atomic E-state index is 13.7. The van der Waals surface area contributed by atoms with Crippen molar-refractivity contribution < 1.29 is 12.7 Å². The molecule has 1 amide bonds. The van der Waals surface area contributed by atoms with Gasteiger partial charge in [0, 0.05) is 0 Å². The van der Waals surface area contributed by atoms with Crippen molar-refractivity contribution in [2.75, 3.05) is 5.32 Å². The molecule has 0 aliphatic rings. The van der Waals surface area contributed by atoms with Gasteiger partial charge in [0.25, 0.3) is 0 Å². The molecule has 0 spiro atoms. The van der Waals surface area contributed by atoms with E-state index in [0.29, 0.717) is 11.3 Å². The van der Waals surface area contributed by atoms with Crippen molar-refractivity contribution in [1.82, 2.24) is 0 Å². The van der Waals surface area contributed by atoms with Gasteiger partial charge in [0.1, 0.15) is 0 Å². The van der Waals surface area contributed by atoms with Crippen LogP contribution in [0.5, 0.6) is 0 Å². The first kappa shape index (κ1) is 22.5. The number of hydrogen-bond acceptors (Lipinski definition) is 3. The summed E-state index contributed by atoms with van der Waals surface area (Å²) in [5.74, 6) is -0.860. The SMILES string of the molecule is C=CC(=O)Nc1ccccc1C(=O)[O][Sn]([c]1ccccc1)([c]1ccccc1)[c]1ccccc1. The van der Waals surface area contributed by atoms with Gasteiger partial charge < -0.3 is 0 Å². The summed E-state index contributed by atoms with van der Waals surface area (Å²) in [5.41, 5.74) is 0.693. The monoisotopic (exact) mass is 541 g/mol. The molecule has 0 aliphatic carbocycles. The topological polar surface area (TPSA) is 55.4 Å². The summed E-state index contributed by atoms with van der Waals surface area (Å²) in [7, 11) is 0. The van der Waals surface area contributed by atoms with Gasteiger partial charge in [0.15, 0.2) is 0 Å². The van der Waals surface area contributed by atoms with Gasteiger partial charge in [0.2, 0.25) is 0 Å². The average molecular weight is 540 g/mol. The van der Waals surface area contributed by atoms with Gasteiger partial charge in [0.05, 0.1) is 0 Å². The van der Waals surface area contributed by atoms with Crippen LogP contribution in [0.1, 0.15) is 10.4 Å². The number of anilines is 1.